The normalized spacial score (nSPS) is 24.5. The number of alkyl carbamates (subject to hydrolysis) is 1. The van der Waals surface area contributed by atoms with E-state index in [1.165, 1.54) is 4.31 Å². The van der Waals surface area contributed by atoms with Crippen LogP contribution in [-0.4, -0.2) is 106 Å². The highest BCUT2D eigenvalue weighted by atomic mass is 32.2. The number of carbonyl (C=O) groups is 1. The van der Waals surface area contributed by atoms with Crippen LogP contribution in [0.5, 0.6) is 0 Å². The first-order valence-electron chi connectivity index (χ1n) is 15.5. The molecule has 0 aliphatic carbocycles. The molecule has 5 rings (SSSR count). The van der Waals surface area contributed by atoms with Gasteiger partial charge in [0.1, 0.15) is 11.9 Å². The van der Waals surface area contributed by atoms with Crippen molar-refractivity contribution in [2.24, 2.45) is 16.8 Å². The van der Waals surface area contributed by atoms with Crippen molar-refractivity contribution in [3.05, 3.63) is 59.7 Å². The van der Waals surface area contributed by atoms with E-state index in [0.717, 1.165) is 22.6 Å². The quantitative estimate of drug-likeness (QED) is 0.255. The number of anilines is 1. The molecule has 3 aliphatic rings. The number of aliphatic imine (C=N–C) groups is 1. The fourth-order valence-corrected chi connectivity index (χ4v) is 8.02. The molecule has 3 aliphatic heterocycles. The van der Waals surface area contributed by atoms with Crippen LogP contribution in [0.3, 0.4) is 0 Å². The summed E-state index contributed by atoms with van der Waals surface area (Å²) < 4.78 is 52.4. The summed E-state index contributed by atoms with van der Waals surface area (Å²) in [5.74, 6) is 0.953. The highest BCUT2D eigenvalue weighted by Crippen LogP contribution is 2.35. The molecule has 12 nitrogen and oxygen atoms in total. The molecule has 3 heterocycles. The van der Waals surface area contributed by atoms with E-state index in [9.17, 15) is 18.3 Å². The predicted molar refractivity (Wildman–Crippen MR) is 177 cm³/mol. The van der Waals surface area contributed by atoms with Crippen molar-refractivity contribution in [2.75, 3.05) is 50.9 Å². The second-order valence-corrected chi connectivity index (χ2v) is 14.9. The second-order valence-electron chi connectivity index (χ2n) is 12.2. The van der Waals surface area contributed by atoms with Gasteiger partial charge >= 0.3 is 6.09 Å². The predicted octanol–water partition coefficient (Wildman–Crippen LogP) is 3.11. The van der Waals surface area contributed by atoms with E-state index in [-0.39, 0.29) is 49.0 Å². The van der Waals surface area contributed by atoms with Gasteiger partial charge in [0, 0.05) is 32.2 Å². The molecule has 2 fully saturated rings. The van der Waals surface area contributed by atoms with E-state index in [2.05, 4.69) is 15.6 Å². The van der Waals surface area contributed by atoms with Crippen LogP contribution in [0, 0.1) is 11.8 Å². The van der Waals surface area contributed by atoms with Crippen molar-refractivity contribution in [1.29, 1.82) is 0 Å². The Morgan fingerprint density at radius 3 is 2.59 bits per heavy atom. The lowest BCUT2D eigenvalue weighted by Crippen LogP contribution is -2.52. The lowest BCUT2D eigenvalue weighted by molar-refractivity contribution is -0.0913. The van der Waals surface area contributed by atoms with Crippen molar-refractivity contribution >= 4 is 39.4 Å². The molecule has 0 bridgehead atoms. The van der Waals surface area contributed by atoms with Crippen LogP contribution < -0.4 is 10.6 Å². The molecule has 46 heavy (non-hydrogen) atoms. The Hall–Kier alpha value is -2.72. The first kappa shape index (κ1) is 34.6. The Morgan fingerprint density at radius 2 is 1.89 bits per heavy atom. The van der Waals surface area contributed by atoms with Crippen LogP contribution >= 0.6 is 11.8 Å². The lowest BCUT2D eigenvalue weighted by Gasteiger charge is -2.31. The molecule has 0 aromatic heterocycles. The molecule has 6 atom stereocenters. The molecule has 252 valence electrons. The number of amidine groups is 1. The molecule has 14 heteroatoms. The zero-order valence-electron chi connectivity index (χ0n) is 26.6. The first-order chi connectivity index (χ1) is 22.1. The Morgan fingerprint density at radius 1 is 1.15 bits per heavy atom. The molecule has 2 aromatic rings. The fourth-order valence-electron chi connectivity index (χ4n) is 6.04. The Kier molecular flexibility index (Phi) is 11.6. The summed E-state index contributed by atoms with van der Waals surface area (Å²) in [6.45, 7) is 4.30. The number of hydrogen-bond donors (Lipinski definition) is 3. The topological polar surface area (TPSA) is 148 Å². The van der Waals surface area contributed by atoms with Crippen molar-refractivity contribution < 1.29 is 37.3 Å². The van der Waals surface area contributed by atoms with Crippen molar-refractivity contribution in [3.8, 4) is 0 Å². The van der Waals surface area contributed by atoms with Crippen LogP contribution in [0.25, 0.3) is 0 Å². The number of fused-ring (bicyclic) bond motifs is 2. The monoisotopic (exact) mass is 676 g/mol. The molecule has 0 spiro atoms. The van der Waals surface area contributed by atoms with Gasteiger partial charge in [-0.2, -0.15) is 4.31 Å². The van der Waals surface area contributed by atoms with Gasteiger partial charge in [-0.05, 0) is 47.9 Å². The third-order valence-corrected chi connectivity index (χ3v) is 10.5. The van der Waals surface area contributed by atoms with Crippen LogP contribution in [0.1, 0.15) is 25.0 Å². The SMILES string of the molecule is CN=C1Cc2cc(S(=O)(=O)N(CC(C)C)C[C@@H](O)[C@H](Cc3ccccc3)NC(=O)OC3CO[C@H]4OC[C@H](OCSC)[C@@H]34)ccc2N1. The average Bonchev–Trinajstić information content (AvgIpc) is 3.75. The minimum Gasteiger partial charge on any atom is -0.443 e. The van der Waals surface area contributed by atoms with Crippen LogP contribution in [0.15, 0.2) is 58.4 Å². The minimum atomic E-state index is -4.00. The molecule has 2 saturated heterocycles. The highest BCUT2D eigenvalue weighted by molar-refractivity contribution is 7.98. The number of ether oxygens (including phenoxy) is 4. The summed E-state index contributed by atoms with van der Waals surface area (Å²) >= 11 is 1.54. The maximum atomic E-state index is 14.0. The van der Waals surface area contributed by atoms with E-state index < -0.39 is 40.7 Å². The van der Waals surface area contributed by atoms with E-state index in [4.69, 9.17) is 18.9 Å². The third kappa shape index (κ3) is 8.22. The minimum absolute atomic E-state index is 0.0207. The number of nitrogens with one attached hydrogen (secondary N) is 2. The summed E-state index contributed by atoms with van der Waals surface area (Å²) in [4.78, 5) is 17.7. The van der Waals surface area contributed by atoms with Crippen molar-refractivity contribution in [2.45, 2.75) is 62.2 Å². The lowest BCUT2D eigenvalue weighted by atomic mass is 10.00. The number of benzene rings is 2. The number of rotatable bonds is 14. The van der Waals surface area contributed by atoms with Gasteiger partial charge in [0.05, 0.1) is 48.2 Å². The Balaban J connectivity index is 1.32. The number of aliphatic hydroxyl groups excluding tert-OH is 1. The number of thioether (sulfide) groups is 1. The van der Waals surface area contributed by atoms with Crippen LogP contribution in [-0.2, 0) is 41.8 Å². The third-order valence-electron chi connectivity index (χ3n) is 8.33. The van der Waals surface area contributed by atoms with E-state index in [1.807, 2.05) is 50.4 Å². The molecular formula is C32H44N4O8S2. The Bertz CT molecular complexity index is 1480. The average molecular weight is 677 g/mol. The van der Waals surface area contributed by atoms with Gasteiger partial charge in [0.2, 0.25) is 10.0 Å². The van der Waals surface area contributed by atoms with E-state index in [1.54, 1.807) is 37.0 Å². The van der Waals surface area contributed by atoms with Crippen molar-refractivity contribution in [3.63, 3.8) is 0 Å². The van der Waals surface area contributed by atoms with Gasteiger partial charge in [-0.3, -0.25) is 4.99 Å². The molecule has 1 unspecified atom stereocenters. The zero-order valence-corrected chi connectivity index (χ0v) is 28.3. The summed E-state index contributed by atoms with van der Waals surface area (Å²) in [6.07, 6.45) is -0.664. The fraction of sp³-hybridized carbons (Fsp3) is 0.562. The van der Waals surface area contributed by atoms with Gasteiger partial charge in [-0.15, -0.1) is 11.8 Å². The van der Waals surface area contributed by atoms with Crippen LogP contribution in [0.4, 0.5) is 10.5 Å². The molecule has 1 amide bonds. The standard InChI is InChI=1S/C32H44N4O8S2/c1-20(2)15-36(46(39,40)23-10-11-24-22(13-23)14-29(33-3)34-24)16-26(37)25(12-21-8-6-5-7-9-21)35-32(38)44-28-18-42-31-30(28)27(17-41-31)43-19-45-4/h5-11,13,20,25-28,30-31,37H,12,14-19H2,1-4H3,(H,33,34)(H,35,38)/t25-,26+,27-,28?,30-,31+/m0/s1. The largest absolute Gasteiger partial charge is 0.443 e. The molecule has 3 N–H and O–H groups in total. The van der Waals surface area contributed by atoms with Gasteiger partial charge in [0.15, 0.2) is 6.29 Å². The zero-order chi connectivity index (χ0) is 32.8. The van der Waals surface area contributed by atoms with Crippen LogP contribution in [0.2, 0.25) is 0 Å². The number of amides is 1. The Labute approximate surface area is 275 Å². The maximum absolute atomic E-state index is 14.0. The van der Waals surface area contributed by atoms with Gasteiger partial charge in [-0.25, -0.2) is 13.2 Å². The molecular weight excluding hydrogens is 633 g/mol. The van der Waals surface area contributed by atoms with Gasteiger partial charge < -0.3 is 34.7 Å². The molecule has 0 radical (unpaired) electrons. The number of hydrogen-bond acceptors (Lipinski definition) is 10. The van der Waals surface area contributed by atoms with E-state index in [0.29, 0.717) is 19.0 Å². The number of nitrogens with zero attached hydrogens (tertiary/aromatic N) is 2. The molecule has 2 aromatic carbocycles. The number of carbonyl (C=O) groups excluding carboxylic acids is 1. The van der Waals surface area contributed by atoms with Crippen molar-refractivity contribution in [1.82, 2.24) is 9.62 Å². The highest BCUT2D eigenvalue weighted by Gasteiger charge is 2.50. The van der Waals surface area contributed by atoms with E-state index >= 15 is 0 Å². The first-order valence-corrected chi connectivity index (χ1v) is 18.3. The summed E-state index contributed by atoms with van der Waals surface area (Å²) in [5.41, 5.74) is 2.53. The smallest absolute Gasteiger partial charge is 0.407 e. The summed E-state index contributed by atoms with van der Waals surface area (Å²) in [6, 6.07) is 13.5. The summed E-state index contributed by atoms with van der Waals surface area (Å²) in [7, 11) is -2.31. The molecule has 0 saturated carbocycles. The summed E-state index contributed by atoms with van der Waals surface area (Å²) in [5, 5.41) is 17.6. The van der Waals surface area contributed by atoms with Gasteiger partial charge in [0.25, 0.3) is 0 Å². The second kappa shape index (κ2) is 15.5. The maximum Gasteiger partial charge on any atom is 0.407 e. The number of aliphatic hydroxyl groups is 1. The number of sulfonamides is 1. The van der Waals surface area contributed by atoms with Gasteiger partial charge in [-0.1, -0.05) is 44.2 Å².